The van der Waals surface area contributed by atoms with Crippen LogP contribution < -0.4 is 0 Å². The molecule has 100 valence electrons. The van der Waals surface area contributed by atoms with Crippen LogP contribution in [0.3, 0.4) is 0 Å². The van der Waals surface area contributed by atoms with E-state index >= 15 is 0 Å². The first kappa shape index (κ1) is 13.4. The van der Waals surface area contributed by atoms with E-state index in [1.54, 1.807) is 0 Å². The van der Waals surface area contributed by atoms with Gasteiger partial charge >= 0.3 is 0 Å². The topological polar surface area (TPSA) is 57.6 Å². The summed E-state index contributed by atoms with van der Waals surface area (Å²) in [5.74, 6) is -1.94. The van der Waals surface area contributed by atoms with Gasteiger partial charge in [0.1, 0.15) is 16.5 Å². The highest BCUT2D eigenvalue weighted by molar-refractivity contribution is 7.89. The molecular formula is C11H13F2NO3S. The molecule has 18 heavy (non-hydrogen) atoms. The summed E-state index contributed by atoms with van der Waals surface area (Å²) in [7, 11) is -4.02. The summed E-state index contributed by atoms with van der Waals surface area (Å²) in [4.78, 5) is -0.552. The number of aliphatic hydroxyl groups is 1. The van der Waals surface area contributed by atoms with Crippen LogP contribution in [-0.4, -0.2) is 37.0 Å². The summed E-state index contributed by atoms with van der Waals surface area (Å²) in [5, 5.41) is 9.10. The van der Waals surface area contributed by atoms with Crippen LogP contribution in [0.1, 0.15) is 12.8 Å². The van der Waals surface area contributed by atoms with E-state index < -0.39 is 32.6 Å². The Balaban J connectivity index is 2.42. The first-order chi connectivity index (χ1) is 8.46. The van der Waals surface area contributed by atoms with Gasteiger partial charge in [-0.05, 0) is 25.0 Å². The summed E-state index contributed by atoms with van der Waals surface area (Å²) in [6.45, 7) is -0.0631. The van der Waals surface area contributed by atoms with E-state index in [1.807, 2.05) is 0 Å². The number of halogens is 2. The van der Waals surface area contributed by atoms with Crippen molar-refractivity contribution < 1.29 is 22.3 Å². The lowest BCUT2D eigenvalue weighted by Gasteiger charge is -2.22. The molecule has 0 unspecified atom stereocenters. The highest BCUT2D eigenvalue weighted by Gasteiger charge is 2.36. The maximum absolute atomic E-state index is 13.5. The van der Waals surface area contributed by atoms with Gasteiger partial charge < -0.3 is 5.11 Å². The molecule has 1 fully saturated rings. The van der Waals surface area contributed by atoms with Gasteiger partial charge in [0.2, 0.25) is 10.0 Å². The third-order valence-corrected chi connectivity index (χ3v) is 5.00. The summed E-state index contributed by atoms with van der Waals surface area (Å²) < 4.78 is 51.7. The molecule has 0 aromatic heterocycles. The lowest BCUT2D eigenvalue weighted by atomic mass is 10.2. The molecule has 0 radical (unpaired) electrons. The van der Waals surface area contributed by atoms with Crippen LogP contribution in [0.5, 0.6) is 0 Å². The molecule has 0 spiro atoms. The lowest BCUT2D eigenvalue weighted by Crippen LogP contribution is -2.38. The minimum Gasteiger partial charge on any atom is -0.395 e. The first-order valence-corrected chi connectivity index (χ1v) is 6.98. The lowest BCUT2D eigenvalue weighted by molar-refractivity contribution is 0.213. The molecule has 0 amide bonds. The summed E-state index contributed by atoms with van der Waals surface area (Å²) >= 11 is 0. The highest BCUT2D eigenvalue weighted by atomic mass is 32.2. The number of rotatable bonds is 3. The molecule has 1 aliphatic heterocycles. The maximum atomic E-state index is 13.5. The molecule has 1 heterocycles. The van der Waals surface area contributed by atoms with Crippen LogP contribution in [0.15, 0.2) is 23.1 Å². The number of sulfonamides is 1. The quantitative estimate of drug-likeness (QED) is 0.900. The van der Waals surface area contributed by atoms with Gasteiger partial charge in [-0.3, -0.25) is 0 Å². The van der Waals surface area contributed by atoms with Crippen molar-refractivity contribution in [3.63, 3.8) is 0 Å². The van der Waals surface area contributed by atoms with Crippen LogP contribution in [0.4, 0.5) is 8.78 Å². The zero-order valence-electron chi connectivity index (χ0n) is 9.51. The van der Waals surface area contributed by atoms with Crippen molar-refractivity contribution >= 4 is 10.0 Å². The largest absolute Gasteiger partial charge is 0.395 e. The van der Waals surface area contributed by atoms with Crippen molar-refractivity contribution in [3.8, 4) is 0 Å². The van der Waals surface area contributed by atoms with Crippen molar-refractivity contribution in [2.75, 3.05) is 13.2 Å². The Kier molecular flexibility index (Phi) is 3.65. The van der Waals surface area contributed by atoms with E-state index in [4.69, 9.17) is 5.11 Å². The summed E-state index contributed by atoms with van der Waals surface area (Å²) in [6.07, 6.45) is 1.16. The molecule has 1 N–H and O–H groups in total. The van der Waals surface area contributed by atoms with Crippen LogP contribution in [0.2, 0.25) is 0 Å². The van der Waals surface area contributed by atoms with Crippen molar-refractivity contribution in [3.05, 3.63) is 29.8 Å². The van der Waals surface area contributed by atoms with E-state index in [0.29, 0.717) is 18.9 Å². The van der Waals surface area contributed by atoms with Crippen molar-refractivity contribution in [2.24, 2.45) is 0 Å². The van der Waals surface area contributed by atoms with Gasteiger partial charge in [-0.2, -0.15) is 4.31 Å². The maximum Gasteiger partial charge on any atom is 0.246 e. The average molecular weight is 277 g/mol. The van der Waals surface area contributed by atoms with E-state index in [1.165, 1.54) is 0 Å². The zero-order chi connectivity index (χ0) is 13.3. The van der Waals surface area contributed by atoms with Gasteiger partial charge in [0.05, 0.1) is 6.61 Å². The second kappa shape index (κ2) is 4.91. The fourth-order valence-corrected chi connectivity index (χ4v) is 3.85. The van der Waals surface area contributed by atoms with Crippen molar-refractivity contribution in [2.45, 2.75) is 23.8 Å². The number of hydrogen-bond donors (Lipinski definition) is 1. The Labute approximate surface area is 104 Å². The molecule has 1 saturated heterocycles. The predicted octanol–water partition coefficient (Wildman–Crippen LogP) is 1.11. The minimum atomic E-state index is -4.02. The fourth-order valence-electron chi connectivity index (χ4n) is 2.12. The molecular weight excluding hydrogens is 264 g/mol. The molecule has 4 nitrogen and oxygen atoms in total. The second-order valence-corrected chi connectivity index (χ2v) is 6.03. The van der Waals surface area contributed by atoms with Crippen LogP contribution in [-0.2, 0) is 10.0 Å². The van der Waals surface area contributed by atoms with Gasteiger partial charge in [0.15, 0.2) is 0 Å². The van der Waals surface area contributed by atoms with E-state index in [0.717, 1.165) is 16.4 Å². The molecule has 0 bridgehead atoms. The van der Waals surface area contributed by atoms with E-state index in [-0.39, 0.29) is 13.2 Å². The van der Waals surface area contributed by atoms with Crippen LogP contribution in [0.25, 0.3) is 0 Å². The Morgan fingerprint density at radius 3 is 2.72 bits per heavy atom. The predicted molar refractivity (Wildman–Crippen MR) is 60.4 cm³/mol. The van der Waals surface area contributed by atoms with Crippen LogP contribution in [0, 0.1) is 11.6 Å². The molecule has 7 heteroatoms. The zero-order valence-corrected chi connectivity index (χ0v) is 10.3. The standard InChI is InChI=1S/C11H13F2NO3S/c12-8-3-4-11(10(13)6-8)18(16,17)14-5-1-2-9(14)7-15/h3-4,6,9,15H,1-2,5,7H2/t9-/m0/s1. The molecule has 1 aromatic rings. The van der Waals surface area contributed by atoms with Crippen molar-refractivity contribution in [1.29, 1.82) is 0 Å². The first-order valence-electron chi connectivity index (χ1n) is 5.54. The minimum absolute atomic E-state index is 0.240. The summed E-state index contributed by atoms with van der Waals surface area (Å²) in [6, 6.07) is 1.82. The Morgan fingerprint density at radius 1 is 1.39 bits per heavy atom. The van der Waals surface area contributed by atoms with Gasteiger partial charge in [0.25, 0.3) is 0 Å². The summed E-state index contributed by atoms with van der Waals surface area (Å²) in [5.41, 5.74) is 0. The van der Waals surface area contributed by atoms with Gasteiger partial charge in [-0.15, -0.1) is 0 Å². The Bertz CT molecular complexity index is 547. The highest BCUT2D eigenvalue weighted by Crippen LogP contribution is 2.27. The van der Waals surface area contributed by atoms with E-state index in [2.05, 4.69) is 0 Å². The molecule has 1 aromatic carbocycles. The Morgan fingerprint density at radius 2 is 2.11 bits per heavy atom. The molecule has 1 atom stereocenters. The van der Waals surface area contributed by atoms with Gasteiger partial charge in [-0.25, -0.2) is 17.2 Å². The van der Waals surface area contributed by atoms with Gasteiger partial charge in [0, 0.05) is 18.7 Å². The Hall–Kier alpha value is -1.05. The van der Waals surface area contributed by atoms with E-state index in [9.17, 15) is 17.2 Å². The monoisotopic (exact) mass is 277 g/mol. The molecule has 1 aliphatic rings. The molecule has 0 aliphatic carbocycles. The average Bonchev–Trinajstić information content (AvgIpc) is 2.76. The third-order valence-electron chi connectivity index (χ3n) is 3.01. The SMILES string of the molecule is O=S(=O)(c1ccc(F)cc1F)N1CCC[C@H]1CO. The second-order valence-electron chi connectivity index (χ2n) is 4.17. The smallest absolute Gasteiger partial charge is 0.246 e. The normalized spacial score (nSPS) is 21.4. The van der Waals surface area contributed by atoms with Crippen molar-refractivity contribution in [1.82, 2.24) is 4.31 Å². The number of aliphatic hydroxyl groups excluding tert-OH is 1. The molecule has 0 saturated carbocycles. The number of benzene rings is 1. The number of nitrogens with zero attached hydrogens (tertiary/aromatic N) is 1. The fraction of sp³-hybridized carbons (Fsp3) is 0.455. The van der Waals surface area contributed by atoms with Gasteiger partial charge in [-0.1, -0.05) is 0 Å². The number of hydrogen-bond acceptors (Lipinski definition) is 3. The van der Waals surface area contributed by atoms with Crippen LogP contribution >= 0.6 is 0 Å². The third kappa shape index (κ3) is 2.25. The molecule has 2 rings (SSSR count).